The highest BCUT2D eigenvalue weighted by Crippen LogP contribution is 1.96. The molecule has 0 radical (unpaired) electrons. The van der Waals surface area contributed by atoms with Crippen LogP contribution in [0.1, 0.15) is 13.8 Å². The van der Waals surface area contributed by atoms with Gasteiger partial charge in [0.15, 0.2) is 0 Å². The lowest BCUT2D eigenvalue weighted by atomic mass is 10.2. The highest BCUT2D eigenvalue weighted by atomic mass is 15.2. The molecule has 0 unspecified atom stereocenters. The molecule has 1 rings (SSSR count). The van der Waals surface area contributed by atoms with Gasteiger partial charge in [-0.25, -0.2) is 0 Å². The van der Waals surface area contributed by atoms with E-state index in [0.717, 1.165) is 26.2 Å². The van der Waals surface area contributed by atoms with Crippen LogP contribution in [0.2, 0.25) is 0 Å². The van der Waals surface area contributed by atoms with Crippen LogP contribution in [0, 0.1) is 11.8 Å². The average Bonchev–Trinajstić information content (AvgIpc) is 2.01. The fourth-order valence-corrected chi connectivity index (χ4v) is 1.35. The molecular formula is C9H16N2. The van der Waals surface area contributed by atoms with E-state index < -0.39 is 0 Å². The summed E-state index contributed by atoms with van der Waals surface area (Å²) < 4.78 is 0. The Hall–Kier alpha value is -0.520. The number of rotatable bonds is 1. The van der Waals surface area contributed by atoms with Crippen molar-refractivity contribution in [3.8, 4) is 11.8 Å². The topological polar surface area (TPSA) is 15.3 Å². The second-order valence-electron chi connectivity index (χ2n) is 3.02. The van der Waals surface area contributed by atoms with Gasteiger partial charge in [0.25, 0.3) is 0 Å². The summed E-state index contributed by atoms with van der Waals surface area (Å²) in [4.78, 5) is 2.39. The molecule has 1 N–H and O–H groups in total. The van der Waals surface area contributed by atoms with E-state index in [1.54, 1.807) is 0 Å². The lowest BCUT2D eigenvalue weighted by Crippen LogP contribution is -2.49. The van der Waals surface area contributed by atoms with Crippen LogP contribution in [0.15, 0.2) is 0 Å². The van der Waals surface area contributed by atoms with E-state index in [0.29, 0.717) is 6.04 Å². The van der Waals surface area contributed by atoms with E-state index in [1.165, 1.54) is 0 Å². The summed E-state index contributed by atoms with van der Waals surface area (Å²) in [6.45, 7) is 8.42. The van der Waals surface area contributed by atoms with Crippen molar-refractivity contribution in [1.82, 2.24) is 10.2 Å². The van der Waals surface area contributed by atoms with Crippen LogP contribution in [0.25, 0.3) is 0 Å². The summed E-state index contributed by atoms with van der Waals surface area (Å²) in [5.41, 5.74) is 0. The fraction of sp³-hybridized carbons (Fsp3) is 0.778. The van der Waals surface area contributed by atoms with Crippen LogP contribution in [-0.2, 0) is 0 Å². The molecule has 0 aromatic rings. The molecule has 1 fully saturated rings. The molecular weight excluding hydrogens is 136 g/mol. The van der Waals surface area contributed by atoms with Gasteiger partial charge in [-0.15, -0.1) is 5.92 Å². The van der Waals surface area contributed by atoms with Gasteiger partial charge in [-0.1, -0.05) is 5.92 Å². The standard InChI is InChI=1S/C9H16N2/c1-3-4-6-11-7-5-10-9(2)8-11/h9-10H,5-8H2,1-2H3/t9-/m0/s1. The molecule has 0 bridgehead atoms. The molecule has 1 heterocycles. The van der Waals surface area contributed by atoms with Crippen molar-refractivity contribution < 1.29 is 0 Å². The van der Waals surface area contributed by atoms with E-state index in [4.69, 9.17) is 0 Å². The maximum absolute atomic E-state index is 3.40. The predicted octanol–water partition coefficient (Wildman–Crippen LogP) is 0.303. The van der Waals surface area contributed by atoms with Gasteiger partial charge in [0.1, 0.15) is 0 Å². The second kappa shape index (κ2) is 4.38. The van der Waals surface area contributed by atoms with E-state index in [1.807, 2.05) is 6.92 Å². The average molecular weight is 152 g/mol. The molecule has 1 atom stereocenters. The first-order chi connectivity index (χ1) is 5.33. The Morgan fingerprint density at radius 2 is 2.45 bits per heavy atom. The molecule has 0 aliphatic carbocycles. The molecule has 0 aromatic carbocycles. The maximum Gasteiger partial charge on any atom is 0.0602 e. The summed E-state index contributed by atoms with van der Waals surface area (Å²) in [6, 6.07) is 0.627. The first-order valence-corrected chi connectivity index (χ1v) is 4.18. The van der Waals surface area contributed by atoms with E-state index in [9.17, 15) is 0 Å². The zero-order valence-electron chi connectivity index (χ0n) is 7.35. The van der Waals surface area contributed by atoms with E-state index in [-0.39, 0.29) is 0 Å². The monoisotopic (exact) mass is 152 g/mol. The third-order valence-corrected chi connectivity index (χ3v) is 1.93. The van der Waals surface area contributed by atoms with Crippen LogP contribution in [0.3, 0.4) is 0 Å². The van der Waals surface area contributed by atoms with Crippen LogP contribution in [0.4, 0.5) is 0 Å². The van der Waals surface area contributed by atoms with Crippen LogP contribution >= 0.6 is 0 Å². The normalized spacial score (nSPS) is 25.8. The minimum atomic E-state index is 0.627. The molecule has 2 heteroatoms. The van der Waals surface area contributed by atoms with Crippen molar-refractivity contribution >= 4 is 0 Å². The summed E-state index contributed by atoms with van der Waals surface area (Å²) in [6.07, 6.45) is 0. The van der Waals surface area contributed by atoms with Gasteiger partial charge in [-0.05, 0) is 13.8 Å². The van der Waals surface area contributed by atoms with Gasteiger partial charge >= 0.3 is 0 Å². The van der Waals surface area contributed by atoms with Gasteiger partial charge < -0.3 is 5.32 Å². The lowest BCUT2D eigenvalue weighted by Gasteiger charge is -2.30. The Kier molecular flexibility index (Phi) is 3.41. The molecule has 1 saturated heterocycles. The Balaban J connectivity index is 2.26. The van der Waals surface area contributed by atoms with Crippen molar-refractivity contribution in [2.75, 3.05) is 26.2 Å². The van der Waals surface area contributed by atoms with E-state index in [2.05, 4.69) is 29.0 Å². The van der Waals surface area contributed by atoms with Crippen LogP contribution in [0.5, 0.6) is 0 Å². The minimum absolute atomic E-state index is 0.627. The van der Waals surface area contributed by atoms with Gasteiger partial charge in [0, 0.05) is 25.7 Å². The van der Waals surface area contributed by atoms with Gasteiger partial charge in [0.05, 0.1) is 6.54 Å². The molecule has 0 spiro atoms. The number of hydrogen-bond acceptors (Lipinski definition) is 2. The summed E-state index contributed by atoms with van der Waals surface area (Å²) in [5, 5.41) is 3.40. The molecule has 0 amide bonds. The molecule has 0 saturated carbocycles. The first kappa shape index (κ1) is 8.58. The van der Waals surface area contributed by atoms with Crippen molar-refractivity contribution in [2.24, 2.45) is 0 Å². The molecule has 62 valence electrons. The predicted molar refractivity (Wildman–Crippen MR) is 47.4 cm³/mol. The van der Waals surface area contributed by atoms with Crippen molar-refractivity contribution in [1.29, 1.82) is 0 Å². The molecule has 1 aliphatic rings. The number of nitrogens with zero attached hydrogens (tertiary/aromatic N) is 1. The van der Waals surface area contributed by atoms with Gasteiger partial charge in [0.2, 0.25) is 0 Å². The van der Waals surface area contributed by atoms with Crippen molar-refractivity contribution in [2.45, 2.75) is 19.9 Å². The minimum Gasteiger partial charge on any atom is -0.312 e. The lowest BCUT2D eigenvalue weighted by molar-refractivity contribution is 0.229. The molecule has 1 aliphatic heterocycles. The quantitative estimate of drug-likeness (QED) is 0.544. The SMILES string of the molecule is CC#CCN1CCN[C@@H](C)C1. The zero-order chi connectivity index (χ0) is 8.10. The number of nitrogens with one attached hydrogen (secondary N) is 1. The van der Waals surface area contributed by atoms with Crippen LogP contribution in [-0.4, -0.2) is 37.1 Å². The van der Waals surface area contributed by atoms with E-state index >= 15 is 0 Å². The third kappa shape index (κ3) is 2.92. The van der Waals surface area contributed by atoms with Crippen molar-refractivity contribution in [3.63, 3.8) is 0 Å². The van der Waals surface area contributed by atoms with Gasteiger partial charge in [-0.2, -0.15) is 0 Å². The van der Waals surface area contributed by atoms with Crippen molar-refractivity contribution in [3.05, 3.63) is 0 Å². The smallest absolute Gasteiger partial charge is 0.0602 e. The second-order valence-corrected chi connectivity index (χ2v) is 3.02. The molecule has 2 nitrogen and oxygen atoms in total. The fourth-order valence-electron chi connectivity index (χ4n) is 1.35. The zero-order valence-corrected chi connectivity index (χ0v) is 7.35. The highest BCUT2D eigenvalue weighted by Gasteiger charge is 2.13. The Morgan fingerprint density at radius 3 is 3.09 bits per heavy atom. The summed E-state index contributed by atoms with van der Waals surface area (Å²) in [7, 11) is 0. The third-order valence-electron chi connectivity index (χ3n) is 1.93. The van der Waals surface area contributed by atoms with Gasteiger partial charge in [-0.3, -0.25) is 4.90 Å². The number of hydrogen-bond donors (Lipinski definition) is 1. The maximum atomic E-state index is 3.40. The Morgan fingerprint density at radius 1 is 1.64 bits per heavy atom. The summed E-state index contributed by atoms with van der Waals surface area (Å²) in [5.74, 6) is 6.00. The largest absolute Gasteiger partial charge is 0.312 e. The van der Waals surface area contributed by atoms with Crippen LogP contribution < -0.4 is 5.32 Å². The highest BCUT2D eigenvalue weighted by molar-refractivity contribution is 4.98. The Labute approximate surface area is 69.0 Å². The Bertz CT molecular complexity index is 166. The first-order valence-electron chi connectivity index (χ1n) is 4.18. The summed E-state index contributed by atoms with van der Waals surface area (Å²) >= 11 is 0. The number of piperazine rings is 1. The molecule has 11 heavy (non-hydrogen) atoms. The molecule has 0 aromatic heterocycles.